The summed E-state index contributed by atoms with van der Waals surface area (Å²) in [5.74, 6) is 0.282. The molecule has 0 spiro atoms. The van der Waals surface area contributed by atoms with E-state index in [9.17, 15) is 13.9 Å². The fourth-order valence-electron chi connectivity index (χ4n) is 1.45. The number of ether oxygens (including phenoxy) is 1. The number of phenolic OH excluding ortho intramolecular Hbond substituents is 1. The Kier molecular flexibility index (Phi) is 2.95. The fourth-order valence-corrected chi connectivity index (χ4v) is 1.45. The number of aromatic hydroxyl groups is 1. The van der Waals surface area contributed by atoms with Crippen LogP contribution < -0.4 is 4.74 Å². The van der Waals surface area contributed by atoms with Crippen molar-refractivity contribution < 1.29 is 18.6 Å². The molecule has 2 rings (SSSR count). The number of alkyl halides is 2. The van der Waals surface area contributed by atoms with E-state index in [1.54, 1.807) is 12.1 Å². The highest BCUT2D eigenvalue weighted by Gasteiger charge is 2.10. The van der Waals surface area contributed by atoms with Gasteiger partial charge in [0.15, 0.2) is 11.5 Å². The van der Waals surface area contributed by atoms with Crippen LogP contribution in [0.5, 0.6) is 11.5 Å². The molecule has 6 heteroatoms. The van der Waals surface area contributed by atoms with Crippen molar-refractivity contribution in [2.75, 3.05) is 7.11 Å². The van der Waals surface area contributed by atoms with Gasteiger partial charge in [0.25, 0.3) is 0 Å². The van der Waals surface area contributed by atoms with Crippen LogP contribution in [0.2, 0.25) is 0 Å². The second kappa shape index (κ2) is 4.40. The van der Waals surface area contributed by atoms with Gasteiger partial charge in [-0.05, 0) is 17.7 Å². The van der Waals surface area contributed by atoms with Gasteiger partial charge < -0.3 is 9.84 Å². The quantitative estimate of drug-likeness (QED) is 0.897. The van der Waals surface area contributed by atoms with Gasteiger partial charge in [0.05, 0.1) is 13.3 Å². The van der Waals surface area contributed by atoms with Gasteiger partial charge in [-0.3, -0.25) is 0 Å². The molecule has 90 valence electrons. The maximum absolute atomic E-state index is 12.3. The number of nitrogens with zero attached hydrogens (tertiary/aromatic N) is 2. The van der Waals surface area contributed by atoms with Crippen LogP contribution in [0.1, 0.15) is 6.55 Å². The van der Waals surface area contributed by atoms with Crippen LogP contribution in [0.4, 0.5) is 8.78 Å². The van der Waals surface area contributed by atoms with Crippen molar-refractivity contribution in [1.82, 2.24) is 9.78 Å². The second-order valence-corrected chi connectivity index (χ2v) is 3.37. The van der Waals surface area contributed by atoms with Gasteiger partial charge in [-0.15, -0.1) is 0 Å². The largest absolute Gasteiger partial charge is 0.504 e. The smallest absolute Gasteiger partial charge is 0.333 e. The van der Waals surface area contributed by atoms with Crippen molar-refractivity contribution in [1.29, 1.82) is 0 Å². The van der Waals surface area contributed by atoms with Crippen LogP contribution in [-0.4, -0.2) is 22.0 Å². The Morgan fingerprint density at radius 1 is 1.35 bits per heavy atom. The number of aromatic nitrogens is 2. The molecular weight excluding hydrogens is 230 g/mol. The molecule has 0 fully saturated rings. The lowest BCUT2D eigenvalue weighted by Crippen LogP contribution is -1.96. The zero-order valence-corrected chi connectivity index (χ0v) is 8.97. The van der Waals surface area contributed by atoms with E-state index in [2.05, 4.69) is 5.10 Å². The van der Waals surface area contributed by atoms with E-state index in [-0.39, 0.29) is 11.5 Å². The highest BCUT2D eigenvalue weighted by atomic mass is 19.3. The van der Waals surface area contributed by atoms with Crippen molar-refractivity contribution in [3.63, 3.8) is 0 Å². The van der Waals surface area contributed by atoms with Crippen LogP contribution in [0, 0.1) is 0 Å². The third kappa shape index (κ3) is 2.20. The van der Waals surface area contributed by atoms with Crippen molar-refractivity contribution in [2.24, 2.45) is 0 Å². The van der Waals surface area contributed by atoms with Crippen molar-refractivity contribution >= 4 is 0 Å². The number of benzene rings is 1. The number of phenols is 1. The Morgan fingerprint density at radius 2 is 2.12 bits per heavy atom. The molecule has 4 nitrogen and oxygen atoms in total. The molecule has 0 saturated heterocycles. The lowest BCUT2D eigenvalue weighted by atomic mass is 10.1. The van der Waals surface area contributed by atoms with E-state index in [4.69, 9.17) is 4.74 Å². The van der Waals surface area contributed by atoms with E-state index < -0.39 is 6.55 Å². The number of halogens is 2. The maximum Gasteiger partial charge on any atom is 0.333 e. The predicted molar refractivity (Wildman–Crippen MR) is 57.1 cm³/mol. The Bertz CT molecular complexity index is 526. The molecule has 0 radical (unpaired) electrons. The molecular formula is C11H10F2N2O2. The Hall–Kier alpha value is -2.11. The molecule has 0 aliphatic rings. The zero-order chi connectivity index (χ0) is 12.4. The first-order valence-corrected chi connectivity index (χ1v) is 4.81. The molecule has 0 unspecified atom stereocenters. The number of hydrogen-bond donors (Lipinski definition) is 1. The van der Waals surface area contributed by atoms with Gasteiger partial charge >= 0.3 is 6.55 Å². The van der Waals surface area contributed by atoms with Gasteiger partial charge in [-0.2, -0.15) is 13.9 Å². The molecule has 1 aromatic heterocycles. The monoisotopic (exact) mass is 240 g/mol. The van der Waals surface area contributed by atoms with E-state index in [1.165, 1.54) is 25.6 Å². The average molecular weight is 240 g/mol. The summed E-state index contributed by atoms with van der Waals surface area (Å²) in [6.07, 6.45) is 2.56. The highest BCUT2D eigenvalue weighted by molar-refractivity contribution is 5.65. The van der Waals surface area contributed by atoms with Gasteiger partial charge in [0.1, 0.15) is 0 Å². The molecule has 1 heterocycles. The van der Waals surface area contributed by atoms with Gasteiger partial charge in [0.2, 0.25) is 0 Å². The minimum Gasteiger partial charge on any atom is -0.504 e. The maximum atomic E-state index is 12.3. The molecule has 2 aromatic rings. The normalized spacial score (nSPS) is 10.8. The number of hydrogen-bond acceptors (Lipinski definition) is 3. The zero-order valence-electron chi connectivity index (χ0n) is 8.97. The molecule has 17 heavy (non-hydrogen) atoms. The summed E-state index contributed by atoms with van der Waals surface area (Å²) in [7, 11) is 1.42. The molecule has 0 amide bonds. The lowest BCUT2D eigenvalue weighted by molar-refractivity contribution is 0.0566. The van der Waals surface area contributed by atoms with E-state index in [0.717, 1.165) is 0 Å². The van der Waals surface area contributed by atoms with Gasteiger partial charge in [0, 0.05) is 11.8 Å². The van der Waals surface area contributed by atoms with E-state index in [1.807, 2.05) is 0 Å². The first-order chi connectivity index (χ1) is 8.11. The Morgan fingerprint density at radius 3 is 2.71 bits per heavy atom. The highest BCUT2D eigenvalue weighted by Crippen LogP contribution is 2.31. The molecule has 0 aliphatic carbocycles. The van der Waals surface area contributed by atoms with Crippen LogP contribution in [0.3, 0.4) is 0 Å². The first kappa shape index (κ1) is 11.4. The van der Waals surface area contributed by atoms with Gasteiger partial charge in [-0.1, -0.05) is 6.07 Å². The fraction of sp³-hybridized carbons (Fsp3) is 0.182. The molecule has 1 aromatic carbocycles. The molecule has 0 bridgehead atoms. The van der Waals surface area contributed by atoms with Crippen LogP contribution in [-0.2, 0) is 0 Å². The molecule has 0 atom stereocenters. The number of rotatable bonds is 3. The first-order valence-electron chi connectivity index (χ1n) is 4.81. The van der Waals surface area contributed by atoms with Crippen molar-refractivity contribution in [3.05, 3.63) is 30.6 Å². The minimum absolute atomic E-state index is 0.00231. The third-order valence-electron chi connectivity index (χ3n) is 2.31. The molecule has 0 saturated carbocycles. The summed E-state index contributed by atoms with van der Waals surface area (Å²) in [6, 6.07) is 4.60. The Balaban J connectivity index is 2.38. The molecule has 1 N–H and O–H groups in total. The second-order valence-electron chi connectivity index (χ2n) is 3.37. The van der Waals surface area contributed by atoms with E-state index in [0.29, 0.717) is 15.8 Å². The number of methoxy groups -OCH3 is 1. The summed E-state index contributed by atoms with van der Waals surface area (Å²) in [5, 5.41) is 12.9. The summed E-state index contributed by atoms with van der Waals surface area (Å²) < 4.78 is 30.2. The standard InChI is InChI=1S/C11H10F2N2O2/c1-17-10-4-7(2-3-9(10)16)8-5-14-15(6-8)11(12)13/h2-6,11,16H,1H3. The van der Waals surface area contributed by atoms with E-state index >= 15 is 0 Å². The summed E-state index contributed by atoms with van der Waals surface area (Å²) >= 11 is 0. The summed E-state index contributed by atoms with van der Waals surface area (Å²) in [6.45, 7) is -2.66. The topological polar surface area (TPSA) is 47.3 Å². The lowest BCUT2D eigenvalue weighted by Gasteiger charge is -2.04. The SMILES string of the molecule is COc1cc(-c2cnn(C(F)F)c2)ccc1O. The average Bonchev–Trinajstić information content (AvgIpc) is 2.79. The predicted octanol–water partition coefficient (Wildman–Crippen LogP) is 2.66. The minimum atomic E-state index is -2.66. The van der Waals surface area contributed by atoms with Gasteiger partial charge in [-0.25, -0.2) is 4.68 Å². The van der Waals surface area contributed by atoms with Crippen molar-refractivity contribution in [3.8, 4) is 22.6 Å². The molecule has 0 aliphatic heterocycles. The summed E-state index contributed by atoms with van der Waals surface area (Å²) in [4.78, 5) is 0. The Labute approximate surface area is 96.1 Å². The van der Waals surface area contributed by atoms with Crippen LogP contribution in [0.25, 0.3) is 11.1 Å². The van der Waals surface area contributed by atoms with Crippen LogP contribution >= 0.6 is 0 Å². The van der Waals surface area contributed by atoms with Crippen LogP contribution in [0.15, 0.2) is 30.6 Å². The van der Waals surface area contributed by atoms with Crippen molar-refractivity contribution in [2.45, 2.75) is 6.55 Å². The third-order valence-corrected chi connectivity index (χ3v) is 2.31. The summed E-state index contributed by atoms with van der Waals surface area (Å²) in [5.41, 5.74) is 1.18.